The van der Waals surface area contributed by atoms with Gasteiger partial charge in [-0.3, -0.25) is 0 Å². The third-order valence-corrected chi connectivity index (χ3v) is 13.1. The predicted molar refractivity (Wildman–Crippen MR) is 242 cm³/mol. The van der Waals surface area contributed by atoms with Crippen LogP contribution >= 0.6 is 0 Å². The molecule has 8 aromatic rings. The fraction of sp³-hybridized carbons (Fsp3) is 0.208. The van der Waals surface area contributed by atoms with Gasteiger partial charge in [0.1, 0.15) is 11.2 Å². The topological polar surface area (TPSA) is 19.6 Å². The Balaban J connectivity index is 1.34. The van der Waals surface area contributed by atoms with Gasteiger partial charge in [0.25, 0.3) is 0 Å². The highest BCUT2D eigenvalue weighted by Crippen LogP contribution is 2.57. The molecule has 0 atom stereocenters. The van der Waals surface area contributed by atoms with Gasteiger partial charge in [-0.2, -0.15) is 0 Å². The first kappa shape index (κ1) is 34.3. The van der Waals surface area contributed by atoms with Crippen molar-refractivity contribution in [3.05, 3.63) is 162 Å². The number of fused-ring (bicyclic) bond motifs is 10. The number of furan rings is 1. The van der Waals surface area contributed by atoms with E-state index in [4.69, 9.17) is 4.42 Å². The summed E-state index contributed by atoms with van der Waals surface area (Å²) in [6.07, 6.45) is 0. The van der Waals surface area contributed by atoms with E-state index in [9.17, 15) is 0 Å². The molecule has 0 bridgehead atoms. The zero-order chi connectivity index (χ0) is 39.2. The first-order chi connectivity index (χ1) is 27.3. The van der Waals surface area contributed by atoms with Gasteiger partial charge in [-0.25, -0.2) is 0 Å². The fourth-order valence-electron chi connectivity index (χ4n) is 10.1. The quantitative estimate of drug-likeness (QED) is 0.165. The van der Waals surface area contributed by atoms with Gasteiger partial charge in [-0.05, 0) is 92.1 Å². The van der Waals surface area contributed by atoms with E-state index in [-0.39, 0.29) is 23.1 Å². The van der Waals surface area contributed by atoms with Crippen LogP contribution in [-0.2, 0) is 16.2 Å². The minimum atomic E-state index is -0.186. The number of para-hydroxylation sites is 3. The molecule has 0 amide bonds. The standard InChI is InChI=1S/C53H47BN2O/c1-51(2,3)33-25-27-42(38(29-33)32-17-10-9-11-18-32)55-44-28-26-37-35-19-12-15-24-46(35)57-50(37)48(44)54-47-39(30-34(31-45(47)55)52(4,5)6)36-20-16-22-41-49(36)56(54)43-23-14-13-21-40(43)53(41,7)8/h9-31H,1-8H3. The molecule has 1 aromatic heterocycles. The summed E-state index contributed by atoms with van der Waals surface area (Å²) < 4.78 is 7.11. The summed E-state index contributed by atoms with van der Waals surface area (Å²) in [5, 5.41) is 2.30. The summed E-state index contributed by atoms with van der Waals surface area (Å²) in [5.74, 6) is 0. The van der Waals surface area contributed by atoms with Gasteiger partial charge < -0.3 is 14.1 Å². The first-order valence-electron chi connectivity index (χ1n) is 20.5. The lowest BCUT2D eigenvalue weighted by Gasteiger charge is -2.51. The monoisotopic (exact) mass is 738 g/mol. The Morgan fingerprint density at radius 1 is 0.509 bits per heavy atom. The third-order valence-electron chi connectivity index (χ3n) is 13.1. The third kappa shape index (κ3) is 4.73. The van der Waals surface area contributed by atoms with Crippen LogP contribution in [0, 0.1) is 0 Å². The van der Waals surface area contributed by atoms with Gasteiger partial charge >= 0.3 is 6.85 Å². The van der Waals surface area contributed by atoms with Crippen LogP contribution in [0.1, 0.15) is 77.6 Å². The van der Waals surface area contributed by atoms with E-state index < -0.39 is 0 Å². The van der Waals surface area contributed by atoms with Crippen LogP contribution in [0.2, 0.25) is 0 Å². The molecule has 0 fully saturated rings. The predicted octanol–water partition coefficient (Wildman–Crippen LogP) is 13.2. The van der Waals surface area contributed by atoms with E-state index in [2.05, 4.69) is 205 Å². The molecule has 0 unspecified atom stereocenters. The molecule has 3 nitrogen and oxygen atoms in total. The van der Waals surface area contributed by atoms with Crippen molar-refractivity contribution in [3.63, 3.8) is 0 Å². The van der Waals surface area contributed by atoms with E-state index in [1.807, 2.05) is 0 Å². The highest BCUT2D eigenvalue weighted by molar-refractivity contribution is 6.95. The number of nitrogens with zero attached hydrogens (tertiary/aromatic N) is 2. The largest absolute Gasteiger partial charge is 0.456 e. The molecule has 7 aromatic carbocycles. The number of anilines is 5. The van der Waals surface area contributed by atoms with Crippen LogP contribution in [0.25, 0.3) is 44.2 Å². The Morgan fingerprint density at radius 3 is 1.98 bits per heavy atom. The van der Waals surface area contributed by atoms with Gasteiger partial charge in [-0.15, -0.1) is 0 Å². The number of rotatable bonds is 2. The smallest absolute Gasteiger partial charge is 0.336 e. The molecule has 0 radical (unpaired) electrons. The lowest BCUT2D eigenvalue weighted by molar-refractivity contribution is 0.590. The van der Waals surface area contributed by atoms with Crippen molar-refractivity contribution in [2.75, 3.05) is 9.71 Å². The maximum absolute atomic E-state index is 7.11. The molecule has 11 rings (SSSR count). The zero-order valence-corrected chi connectivity index (χ0v) is 34.2. The Bertz CT molecular complexity index is 2980. The Morgan fingerprint density at radius 2 is 1.19 bits per heavy atom. The Kier molecular flexibility index (Phi) is 6.94. The molecule has 278 valence electrons. The van der Waals surface area contributed by atoms with Crippen molar-refractivity contribution in [1.82, 2.24) is 0 Å². The SMILES string of the molecule is CC(C)(C)c1ccc(N2c3cc(C(C)(C)C)cc4c3B(c3c2ccc2c3oc3ccccc32)N2c3ccccc3C(C)(C)c3cccc-4c32)c(-c2ccccc2)c1. The van der Waals surface area contributed by atoms with Crippen LogP contribution in [0.4, 0.5) is 28.4 Å². The van der Waals surface area contributed by atoms with Crippen LogP contribution in [0.15, 0.2) is 144 Å². The van der Waals surface area contributed by atoms with Gasteiger partial charge in [-0.1, -0.05) is 152 Å². The van der Waals surface area contributed by atoms with Crippen molar-refractivity contribution in [3.8, 4) is 22.3 Å². The summed E-state index contributed by atoms with van der Waals surface area (Å²) in [6, 6.07) is 52.4. The normalized spacial score (nSPS) is 15.1. The average molecular weight is 739 g/mol. The molecule has 0 saturated heterocycles. The summed E-state index contributed by atoms with van der Waals surface area (Å²) in [6.45, 7) is 18.6. The number of benzene rings is 7. The molecule has 4 heteroatoms. The van der Waals surface area contributed by atoms with Crippen LogP contribution < -0.4 is 20.6 Å². The van der Waals surface area contributed by atoms with Crippen molar-refractivity contribution >= 4 is 68.1 Å². The lowest BCUT2D eigenvalue weighted by Crippen LogP contribution is -2.63. The lowest BCUT2D eigenvalue weighted by atomic mass is 9.42. The molecular weight excluding hydrogens is 691 g/mol. The molecule has 4 heterocycles. The van der Waals surface area contributed by atoms with E-state index in [0.717, 1.165) is 33.3 Å². The number of hydrogen-bond donors (Lipinski definition) is 0. The van der Waals surface area contributed by atoms with Gasteiger partial charge in [0, 0.05) is 55.5 Å². The molecule has 57 heavy (non-hydrogen) atoms. The molecule has 0 saturated carbocycles. The highest BCUT2D eigenvalue weighted by Gasteiger charge is 2.51. The van der Waals surface area contributed by atoms with Crippen LogP contribution in [0.3, 0.4) is 0 Å². The van der Waals surface area contributed by atoms with Crippen molar-refractivity contribution < 1.29 is 4.42 Å². The average Bonchev–Trinajstić information content (AvgIpc) is 3.58. The molecule has 0 N–H and O–H groups in total. The minimum Gasteiger partial charge on any atom is -0.456 e. The van der Waals surface area contributed by atoms with Crippen molar-refractivity contribution in [2.24, 2.45) is 0 Å². The summed E-state index contributed by atoms with van der Waals surface area (Å²) in [5.41, 5.74) is 20.6. The van der Waals surface area contributed by atoms with E-state index in [1.54, 1.807) is 0 Å². The van der Waals surface area contributed by atoms with E-state index >= 15 is 0 Å². The second kappa shape index (κ2) is 11.5. The zero-order valence-electron chi connectivity index (χ0n) is 34.2. The van der Waals surface area contributed by atoms with Gasteiger partial charge in [0.05, 0.1) is 5.69 Å². The second-order valence-electron chi connectivity index (χ2n) is 19.0. The Hall–Kier alpha value is -6.00. The summed E-state index contributed by atoms with van der Waals surface area (Å²) >= 11 is 0. The summed E-state index contributed by atoms with van der Waals surface area (Å²) in [7, 11) is 0. The first-order valence-corrected chi connectivity index (χ1v) is 20.5. The summed E-state index contributed by atoms with van der Waals surface area (Å²) in [4.78, 5) is 5.26. The molecule has 3 aliphatic heterocycles. The molecule has 0 spiro atoms. The molecular formula is C53H47BN2O. The van der Waals surface area contributed by atoms with Crippen LogP contribution in [0.5, 0.6) is 0 Å². The van der Waals surface area contributed by atoms with Crippen LogP contribution in [-0.4, -0.2) is 6.85 Å². The van der Waals surface area contributed by atoms with Gasteiger partial charge in [0.2, 0.25) is 0 Å². The van der Waals surface area contributed by atoms with Crippen molar-refractivity contribution in [2.45, 2.75) is 71.6 Å². The number of hydrogen-bond acceptors (Lipinski definition) is 3. The van der Waals surface area contributed by atoms with Gasteiger partial charge in [0.15, 0.2) is 0 Å². The molecule has 3 aliphatic rings. The minimum absolute atomic E-state index is 0.0183. The fourth-order valence-corrected chi connectivity index (χ4v) is 10.1. The van der Waals surface area contributed by atoms with Crippen molar-refractivity contribution in [1.29, 1.82) is 0 Å². The maximum Gasteiger partial charge on any atom is 0.336 e. The maximum atomic E-state index is 7.11. The Labute approximate surface area is 336 Å². The van der Waals surface area contributed by atoms with E-state index in [0.29, 0.717) is 0 Å². The molecule has 0 aliphatic carbocycles. The highest BCUT2D eigenvalue weighted by atomic mass is 16.3. The second-order valence-corrected chi connectivity index (χ2v) is 19.0. The van der Waals surface area contributed by atoms with E-state index in [1.165, 1.54) is 72.5 Å².